The van der Waals surface area contributed by atoms with Crippen molar-refractivity contribution in [3.8, 4) is 0 Å². The van der Waals surface area contributed by atoms with E-state index in [9.17, 15) is 4.79 Å². The van der Waals surface area contributed by atoms with Crippen LogP contribution < -0.4 is 5.56 Å². The number of ether oxygens (including phenoxy) is 1. The molecular formula is C13H11Cl2IN2O2. The van der Waals surface area contributed by atoms with Gasteiger partial charge in [-0.15, -0.1) is 0 Å². The Bertz CT molecular complexity index is 689. The lowest BCUT2D eigenvalue weighted by Crippen LogP contribution is -2.18. The highest BCUT2D eigenvalue weighted by molar-refractivity contribution is 14.1. The standard InChI is InChI=1S/C13H11Cl2IN2O2/c1-20-6-10-12(16)13(19)18-11(17-10)5-7-2-3-8(14)9(15)4-7/h2-4H,5-6H2,1H3,(H,17,18,19). The van der Waals surface area contributed by atoms with E-state index >= 15 is 0 Å². The van der Waals surface area contributed by atoms with Crippen molar-refractivity contribution in [2.75, 3.05) is 7.11 Å². The first-order chi connectivity index (χ1) is 9.51. The summed E-state index contributed by atoms with van der Waals surface area (Å²) in [6.07, 6.45) is 0.472. The molecule has 0 unspecified atom stereocenters. The highest BCUT2D eigenvalue weighted by Gasteiger charge is 2.10. The molecule has 0 radical (unpaired) electrons. The van der Waals surface area contributed by atoms with Gasteiger partial charge in [0.05, 0.1) is 22.3 Å². The second kappa shape index (κ2) is 6.89. The van der Waals surface area contributed by atoms with Gasteiger partial charge >= 0.3 is 0 Å². The summed E-state index contributed by atoms with van der Waals surface area (Å²) >= 11 is 13.8. The summed E-state index contributed by atoms with van der Waals surface area (Å²) in [7, 11) is 1.57. The number of hydrogen-bond acceptors (Lipinski definition) is 3. The third-order valence-electron chi connectivity index (χ3n) is 2.62. The predicted octanol–water partition coefficient (Wildman–Crippen LogP) is 3.42. The van der Waals surface area contributed by atoms with E-state index in [1.165, 1.54) is 0 Å². The Kier molecular flexibility index (Phi) is 5.42. The fourth-order valence-corrected chi connectivity index (χ4v) is 2.45. The number of nitrogens with zero attached hydrogens (tertiary/aromatic N) is 1. The molecule has 0 aliphatic carbocycles. The minimum absolute atomic E-state index is 0.164. The number of halogens is 3. The third-order valence-corrected chi connectivity index (χ3v) is 4.47. The van der Waals surface area contributed by atoms with Crippen molar-refractivity contribution in [3.05, 3.63) is 59.3 Å². The van der Waals surface area contributed by atoms with Crippen LogP contribution in [0.4, 0.5) is 0 Å². The Morgan fingerprint density at radius 2 is 2.10 bits per heavy atom. The molecule has 1 aromatic carbocycles. The zero-order valence-corrected chi connectivity index (χ0v) is 14.2. The fourth-order valence-electron chi connectivity index (χ4n) is 1.72. The van der Waals surface area contributed by atoms with Crippen LogP contribution in [0.25, 0.3) is 0 Å². The Balaban J connectivity index is 2.33. The topological polar surface area (TPSA) is 55.0 Å². The molecule has 20 heavy (non-hydrogen) atoms. The molecule has 1 aromatic heterocycles. The lowest BCUT2D eigenvalue weighted by atomic mass is 10.1. The van der Waals surface area contributed by atoms with Gasteiger partial charge in [0.25, 0.3) is 5.56 Å². The Morgan fingerprint density at radius 1 is 1.35 bits per heavy atom. The summed E-state index contributed by atoms with van der Waals surface area (Å²) in [4.78, 5) is 19.0. The van der Waals surface area contributed by atoms with E-state index in [1.807, 2.05) is 28.7 Å². The van der Waals surface area contributed by atoms with Crippen molar-refractivity contribution in [1.29, 1.82) is 0 Å². The largest absolute Gasteiger partial charge is 0.378 e. The molecule has 2 rings (SSSR count). The van der Waals surface area contributed by atoms with Crippen LogP contribution in [0.3, 0.4) is 0 Å². The molecule has 0 saturated carbocycles. The molecule has 0 spiro atoms. The SMILES string of the molecule is COCc1nc(Cc2ccc(Cl)c(Cl)c2)[nH]c(=O)c1I. The van der Waals surface area contributed by atoms with Gasteiger partial charge < -0.3 is 9.72 Å². The molecule has 0 aliphatic heterocycles. The minimum atomic E-state index is -0.164. The number of methoxy groups -OCH3 is 1. The van der Waals surface area contributed by atoms with Crippen molar-refractivity contribution in [3.63, 3.8) is 0 Å². The van der Waals surface area contributed by atoms with E-state index in [1.54, 1.807) is 19.2 Å². The van der Waals surface area contributed by atoms with Crippen LogP contribution in [0, 0.1) is 3.57 Å². The third kappa shape index (κ3) is 3.72. The second-order valence-electron chi connectivity index (χ2n) is 4.13. The molecule has 0 bridgehead atoms. The second-order valence-corrected chi connectivity index (χ2v) is 6.02. The van der Waals surface area contributed by atoms with Crippen molar-refractivity contribution in [1.82, 2.24) is 9.97 Å². The molecule has 2 aromatic rings. The summed E-state index contributed by atoms with van der Waals surface area (Å²) in [6, 6.07) is 5.33. The van der Waals surface area contributed by atoms with Gasteiger partial charge in [0.1, 0.15) is 9.39 Å². The Hall–Kier alpha value is -0.630. The van der Waals surface area contributed by atoms with Gasteiger partial charge in [-0.25, -0.2) is 4.98 Å². The predicted molar refractivity (Wildman–Crippen MR) is 87.6 cm³/mol. The van der Waals surface area contributed by atoms with Crippen LogP contribution in [0.5, 0.6) is 0 Å². The molecular weight excluding hydrogens is 414 g/mol. The highest BCUT2D eigenvalue weighted by atomic mass is 127. The lowest BCUT2D eigenvalue weighted by Gasteiger charge is -2.07. The fraction of sp³-hybridized carbons (Fsp3) is 0.231. The number of hydrogen-bond donors (Lipinski definition) is 1. The van der Waals surface area contributed by atoms with Crippen LogP contribution in [0.2, 0.25) is 10.0 Å². The smallest absolute Gasteiger partial charge is 0.264 e. The molecule has 0 fully saturated rings. The van der Waals surface area contributed by atoms with Gasteiger partial charge in [0.2, 0.25) is 0 Å². The number of aromatic nitrogens is 2. The van der Waals surface area contributed by atoms with Crippen LogP contribution in [-0.4, -0.2) is 17.1 Å². The van der Waals surface area contributed by atoms with Gasteiger partial charge in [0, 0.05) is 13.5 Å². The quantitative estimate of drug-likeness (QED) is 0.765. The van der Waals surface area contributed by atoms with Crippen molar-refractivity contribution >= 4 is 45.8 Å². The molecule has 7 heteroatoms. The number of aromatic amines is 1. The van der Waals surface area contributed by atoms with Gasteiger partial charge in [-0.05, 0) is 40.3 Å². The van der Waals surface area contributed by atoms with E-state index in [-0.39, 0.29) is 5.56 Å². The zero-order chi connectivity index (χ0) is 14.7. The summed E-state index contributed by atoms with van der Waals surface area (Å²) in [5, 5.41) is 0.980. The molecule has 1 N–H and O–H groups in total. The first-order valence-corrected chi connectivity index (χ1v) is 7.55. The van der Waals surface area contributed by atoms with Gasteiger partial charge in [-0.3, -0.25) is 4.79 Å². The molecule has 4 nitrogen and oxygen atoms in total. The Labute approximate surface area is 139 Å². The number of rotatable bonds is 4. The van der Waals surface area contributed by atoms with Crippen molar-refractivity contribution in [2.24, 2.45) is 0 Å². The molecule has 0 atom stereocenters. The van der Waals surface area contributed by atoms with E-state index in [4.69, 9.17) is 27.9 Å². The maximum absolute atomic E-state index is 11.8. The van der Waals surface area contributed by atoms with Crippen LogP contribution in [0.15, 0.2) is 23.0 Å². The number of H-pyrrole nitrogens is 1. The average molecular weight is 425 g/mol. The van der Waals surface area contributed by atoms with Gasteiger partial charge in [0.15, 0.2) is 0 Å². The van der Waals surface area contributed by atoms with Crippen molar-refractivity contribution < 1.29 is 4.74 Å². The van der Waals surface area contributed by atoms with Gasteiger partial charge in [-0.2, -0.15) is 0 Å². The molecule has 0 amide bonds. The maximum atomic E-state index is 11.8. The highest BCUT2D eigenvalue weighted by Crippen LogP contribution is 2.23. The van der Waals surface area contributed by atoms with Gasteiger partial charge in [-0.1, -0.05) is 29.3 Å². The van der Waals surface area contributed by atoms with E-state index in [0.29, 0.717) is 38.2 Å². The number of nitrogens with one attached hydrogen (secondary N) is 1. The zero-order valence-electron chi connectivity index (χ0n) is 10.5. The molecule has 1 heterocycles. The van der Waals surface area contributed by atoms with E-state index in [0.717, 1.165) is 5.56 Å². The first-order valence-electron chi connectivity index (χ1n) is 5.71. The monoisotopic (exact) mass is 424 g/mol. The lowest BCUT2D eigenvalue weighted by molar-refractivity contribution is 0.180. The first kappa shape index (κ1) is 15.8. The van der Waals surface area contributed by atoms with Crippen LogP contribution in [-0.2, 0) is 17.8 Å². The minimum Gasteiger partial charge on any atom is -0.378 e. The maximum Gasteiger partial charge on any atom is 0.264 e. The number of benzene rings is 1. The summed E-state index contributed by atoms with van der Waals surface area (Å²) in [5.74, 6) is 0.570. The summed E-state index contributed by atoms with van der Waals surface area (Å²) < 4.78 is 5.59. The summed E-state index contributed by atoms with van der Waals surface area (Å²) in [5.41, 5.74) is 1.39. The summed E-state index contributed by atoms with van der Waals surface area (Å²) in [6.45, 7) is 0.302. The molecule has 0 saturated heterocycles. The normalized spacial score (nSPS) is 10.8. The van der Waals surface area contributed by atoms with E-state index < -0.39 is 0 Å². The average Bonchev–Trinajstić information content (AvgIpc) is 2.40. The molecule has 106 valence electrons. The van der Waals surface area contributed by atoms with Crippen molar-refractivity contribution in [2.45, 2.75) is 13.0 Å². The van der Waals surface area contributed by atoms with E-state index in [2.05, 4.69) is 9.97 Å². The van der Waals surface area contributed by atoms with Crippen LogP contribution >= 0.6 is 45.8 Å². The Morgan fingerprint density at radius 3 is 2.75 bits per heavy atom. The van der Waals surface area contributed by atoms with Crippen LogP contribution in [0.1, 0.15) is 17.1 Å². The molecule has 0 aliphatic rings.